The van der Waals surface area contributed by atoms with Crippen LogP contribution >= 0.6 is 0 Å². The lowest BCUT2D eigenvalue weighted by molar-refractivity contribution is -0.149. The number of carbonyl (C=O) groups is 2. The van der Waals surface area contributed by atoms with Crippen LogP contribution < -0.4 is 5.32 Å². The van der Waals surface area contributed by atoms with Gasteiger partial charge >= 0.3 is 5.97 Å². The number of para-hydroxylation sites is 2. The molecule has 6 nitrogen and oxygen atoms in total. The van der Waals surface area contributed by atoms with Crippen LogP contribution in [0.1, 0.15) is 56.4 Å². The lowest BCUT2D eigenvalue weighted by Gasteiger charge is -2.21. The van der Waals surface area contributed by atoms with Gasteiger partial charge in [0, 0.05) is 5.56 Å². The molecule has 0 aliphatic carbocycles. The van der Waals surface area contributed by atoms with Gasteiger partial charge in [0.25, 0.3) is 5.91 Å². The average Bonchev–Trinajstić information content (AvgIpc) is 3.12. The quantitative estimate of drug-likeness (QED) is 0.602. The summed E-state index contributed by atoms with van der Waals surface area (Å²) in [6, 6.07) is 14.0. The molecule has 0 saturated carbocycles. The van der Waals surface area contributed by atoms with Crippen LogP contribution in [-0.2, 0) is 21.6 Å². The molecule has 1 amide bonds. The molecule has 0 saturated heterocycles. The number of oxazole rings is 1. The predicted molar refractivity (Wildman–Crippen MR) is 115 cm³/mol. The van der Waals surface area contributed by atoms with E-state index in [0.717, 1.165) is 5.56 Å². The second-order valence-electron chi connectivity index (χ2n) is 8.71. The maximum atomic E-state index is 12.7. The lowest BCUT2D eigenvalue weighted by atomic mass is 9.86. The van der Waals surface area contributed by atoms with Crippen molar-refractivity contribution in [3.8, 4) is 0 Å². The number of ether oxygens (including phenoxy) is 1. The number of rotatable bonds is 6. The summed E-state index contributed by atoms with van der Waals surface area (Å²) in [5.41, 5.74) is 2.98. The molecular weight excluding hydrogens is 380 g/mol. The van der Waals surface area contributed by atoms with Gasteiger partial charge in [-0.3, -0.25) is 4.79 Å². The Hall–Kier alpha value is -3.15. The first-order valence-corrected chi connectivity index (χ1v) is 10.1. The highest BCUT2D eigenvalue weighted by Crippen LogP contribution is 2.22. The van der Waals surface area contributed by atoms with Crippen molar-refractivity contribution in [2.45, 2.75) is 52.7 Å². The second-order valence-corrected chi connectivity index (χ2v) is 8.71. The number of esters is 1. The molecule has 2 aromatic carbocycles. The normalized spacial score (nSPS) is 12.7. The van der Waals surface area contributed by atoms with E-state index in [4.69, 9.17) is 9.15 Å². The first kappa shape index (κ1) is 21.6. The Morgan fingerprint density at radius 2 is 1.73 bits per heavy atom. The van der Waals surface area contributed by atoms with Crippen LogP contribution in [0.25, 0.3) is 11.1 Å². The molecule has 3 aromatic rings. The van der Waals surface area contributed by atoms with Gasteiger partial charge in [0.15, 0.2) is 12.2 Å². The van der Waals surface area contributed by atoms with Crippen molar-refractivity contribution in [3.05, 3.63) is 65.5 Å². The number of nitrogens with zero attached hydrogens (tertiary/aromatic N) is 1. The van der Waals surface area contributed by atoms with Crippen LogP contribution in [0.2, 0.25) is 0 Å². The summed E-state index contributed by atoms with van der Waals surface area (Å²) in [5.74, 6) is -0.657. The van der Waals surface area contributed by atoms with Gasteiger partial charge in [-0.2, -0.15) is 0 Å². The van der Waals surface area contributed by atoms with E-state index in [1.807, 2.05) is 44.2 Å². The highest BCUT2D eigenvalue weighted by molar-refractivity contribution is 5.96. The number of benzene rings is 2. The number of nitrogens with one attached hydrogen (secondary N) is 1. The number of amides is 1. The molecule has 3 rings (SSSR count). The number of aromatic nitrogens is 1. The molecule has 30 heavy (non-hydrogen) atoms. The van der Waals surface area contributed by atoms with Crippen molar-refractivity contribution >= 4 is 23.0 Å². The summed E-state index contributed by atoms with van der Waals surface area (Å²) < 4.78 is 10.9. The Labute approximate surface area is 176 Å². The smallest absolute Gasteiger partial charge is 0.329 e. The summed E-state index contributed by atoms with van der Waals surface area (Å²) in [4.78, 5) is 29.6. The fraction of sp³-hybridized carbons (Fsp3) is 0.375. The SMILES string of the molecule is CC(C)[C@H](NC(=O)c1ccc(C(C)(C)C)cc1)C(=O)OCc1nc2ccccc2o1. The minimum absolute atomic E-state index is 0.00394. The van der Waals surface area contributed by atoms with Crippen molar-refractivity contribution in [1.29, 1.82) is 0 Å². The van der Waals surface area contributed by atoms with Gasteiger partial charge in [0.05, 0.1) is 0 Å². The summed E-state index contributed by atoms with van der Waals surface area (Å²) in [5, 5.41) is 2.79. The highest BCUT2D eigenvalue weighted by Gasteiger charge is 2.27. The zero-order valence-electron chi connectivity index (χ0n) is 18.1. The third kappa shape index (κ3) is 5.06. The maximum absolute atomic E-state index is 12.7. The van der Waals surface area contributed by atoms with Gasteiger partial charge in [-0.05, 0) is 41.2 Å². The van der Waals surface area contributed by atoms with Crippen molar-refractivity contribution in [2.24, 2.45) is 5.92 Å². The molecule has 1 N–H and O–H groups in total. The van der Waals surface area contributed by atoms with Crippen LogP contribution in [0.3, 0.4) is 0 Å². The van der Waals surface area contributed by atoms with Crippen molar-refractivity contribution in [2.75, 3.05) is 0 Å². The summed E-state index contributed by atoms with van der Waals surface area (Å²) in [6.45, 7) is 9.97. The predicted octanol–water partition coefficient (Wildman–Crippen LogP) is 4.62. The monoisotopic (exact) mass is 408 g/mol. The fourth-order valence-electron chi connectivity index (χ4n) is 3.05. The zero-order valence-corrected chi connectivity index (χ0v) is 18.1. The fourth-order valence-corrected chi connectivity index (χ4v) is 3.05. The lowest BCUT2D eigenvalue weighted by Crippen LogP contribution is -2.45. The summed E-state index contributed by atoms with van der Waals surface area (Å²) >= 11 is 0. The Morgan fingerprint density at radius 1 is 1.07 bits per heavy atom. The van der Waals surface area contributed by atoms with E-state index in [0.29, 0.717) is 22.6 Å². The second kappa shape index (κ2) is 8.69. The van der Waals surface area contributed by atoms with E-state index >= 15 is 0 Å². The van der Waals surface area contributed by atoms with Crippen LogP contribution in [-0.4, -0.2) is 22.9 Å². The zero-order chi connectivity index (χ0) is 21.9. The molecule has 1 heterocycles. The Kier molecular flexibility index (Phi) is 6.25. The van der Waals surface area contributed by atoms with E-state index in [-0.39, 0.29) is 23.8 Å². The first-order chi connectivity index (χ1) is 14.1. The van der Waals surface area contributed by atoms with E-state index in [9.17, 15) is 9.59 Å². The Bertz CT molecular complexity index is 996. The maximum Gasteiger partial charge on any atom is 0.329 e. The standard InChI is InChI=1S/C24H28N2O4/c1-15(2)21(26-22(27)16-10-12-17(13-11-16)24(3,4)5)23(28)29-14-20-25-18-8-6-7-9-19(18)30-20/h6-13,15,21H,14H2,1-5H3,(H,26,27)/t21-/m0/s1. The third-order valence-corrected chi connectivity index (χ3v) is 4.90. The van der Waals surface area contributed by atoms with E-state index in [1.54, 1.807) is 18.2 Å². The molecule has 0 aliphatic rings. The van der Waals surface area contributed by atoms with Gasteiger partial charge in [0.1, 0.15) is 11.6 Å². The number of carbonyl (C=O) groups excluding carboxylic acids is 2. The third-order valence-electron chi connectivity index (χ3n) is 4.90. The van der Waals surface area contributed by atoms with Crippen molar-refractivity contribution < 1.29 is 18.7 Å². The highest BCUT2D eigenvalue weighted by atomic mass is 16.5. The molecule has 1 aromatic heterocycles. The summed E-state index contributed by atoms with van der Waals surface area (Å²) in [7, 11) is 0. The minimum Gasteiger partial charge on any atom is -0.454 e. The molecule has 0 bridgehead atoms. The van der Waals surface area contributed by atoms with Crippen LogP contribution in [0, 0.1) is 5.92 Å². The molecule has 0 spiro atoms. The first-order valence-electron chi connectivity index (χ1n) is 10.1. The summed E-state index contributed by atoms with van der Waals surface area (Å²) in [6.07, 6.45) is 0. The topological polar surface area (TPSA) is 81.4 Å². The van der Waals surface area contributed by atoms with Crippen molar-refractivity contribution in [1.82, 2.24) is 10.3 Å². The van der Waals surface area contributed by atoms with Gasteiger partial charge in [-0.15, -0.1) is 0 Å². The van der Waals surface area contributed by atoms with Gasteiger partial charge in [-0.25, -0.2) is 9.78 Å². The average molecular weight is 408 g/mol. The molecular formula is C24H28N2O4. The minimum atomic E-state index is -0.774. The van der Waals surface area contributed by atoms with Crippen LogP contribution in [0.5, 0.6) is 0 Å². The number of hydrogen-bond donors (Lipinski definition) is 1. The van der Waals surface area contributed by atoms with Gasteiger partial charge in [-0.1, -0.05) is 58.9 Å². The molecule has 0 radical (unpaired) electrons. The molecule has 1 atom stereocenters. The molecule has 158 valence electrons. The van der Waals surface area contributed by atoms with Crippen molar-refractivity contribution in [3.63, 3.8) is 0 Å². The number of hydrogen-bond acceptors (Lipinski definition) is 5. The molecule has 0 fully saturated rings. The van der Waals surface area contributed by atoms with E-state index in [2.05, 4.69) is 31.1 Å². The number of fused-ring (bicyclic) bond motifs is 1. The largest absolute Gasteiger partial charge is 0.454 e. The Balaban J connectivity index is 1.64. The van der Waals surface area contributed by atoms with E-state index < -0.39 is 12.0 Å². The van der Waals surface area contributed by atoms with Gasteiger partial charge in [0.2, 0.25) is 5.89 Å². The van der Waals surface area contributed by atoms with Crippen LogP contribution in [0.4, 0.5) is 0 Å². The molecule has 0 unspecified atom stereocenters. The molecule has 0 aliphatic heterocycles. The van der Waals surface area contributed by atoms with Crippen LogP contribution in [0.15, 0.2) is 52.9 Å². The molecule has 6 heteroatoms. The van der Waals surface area contributed by atoms with Gasteiger partial charge < -0.3 is 14.5 Å². The Morgan fingerprint density at radius 3 is 2.33 bits per heavy atom. The van der Waals surface area contributed by atoms with E-state index in [1.165, 1.54) is 0 Å².